The summed E-state index contributed by atoms with van der Waals surface area (Å²) in [6, 6.07) is 0. The van der Waals surface area contributed by atoms with Crippen LogP contribution in [0.15, 0.2) is 0 Å². The van der Waals surface area contributed by atoms with Gasteiger partial charge >= 0.3 is 0 Å². The fraction of sp³-hybridized carbons (Fsp3) is 0.812. The molecule has 1 atom stereocenters. The standard InChI is InChI=1S/C16H29NO3.H2/c1-3-8-14(18)10-6-5-9-13(4-2)15(19)11-7-12-16(17)20;/h13H,3-12H2,1-2H3,(H2,17,20);1H/t13-;/m1./s1. The zero-order chi connectivity index (χ0) is 15.4. The van der Waals surface area contributed by atoms with Crippen LogP contribution in [0.2, 0.25) is 0 Å². The van der Waals surface area contributed by atoms with Crippen molar-refractivity contribution in [2.45, 2.75) is 78.1 Å². The van der Waals surface area contributed by atoms with Crippen LogP contribution in [-0.4, -0.2) is 17.5 Å². The van der Waals surface area contributed by atoms with E-state index < -0.39 is 0 Å². The molecule has 0 saturated carbocycles. The van der Waals surface area contributed by atoms with Gasteiger partial charge in [0, 0.05) is 33.0 Å². The molecule has 0 aliphatic rings. The Bertz CT molecular complexity index is 319. The lowest BCUT2D eigenvalue weighted by Gasteiger charge is -2.13. The molecule has 2 N–H and O–H groups in total. The van der Waals surface area contributed by atoms with E-state index in [-0.39, 0.29) is 25.5 Å². The fourth-order valence-corrected chi connectivity index (χ4v) is 2.35. The first-order valence-electron chi connectivity index (χ1n) is 7.83. The summed E-state index contributed by atoms with van der Waals surface area (Å²) in [5, 5.41) is 0. The Kier molecular flexibility index (Phi) is 10.9. The molecule has 0 saturated heterocycles. The van der Waals surface area contributed by atoms with Crippen molar-refractivity contribution in [3.8, 4) is 0 Å². The monoisotopic (exact) mass is 285 g/mol. The minimum absolute atomic E-state index is 0. The molecule has 0 aromatic heterocycles. The quantitative estimate of drug-likeness (QED) is 0.527. The predicted molar refractivity (Wildman–Crippen MR) is 82.3 cm³/mol. The Morgan fingerprint density at radius 3 is 2.20 bits per heavy atom. The van der Waals surface area contributed by atoms with Crippen molar-refractivity contribution in [2.24, 2.45) is 11.7 Å². The minimum Gasteiger partial charge on any atom is -0.370 e. The lowest BCUT2D eigenvalue weighted by Crippen LogP contribution is -2.16. The summed E-state index contributed by atoms with van der Waals surface area (Å²) in [6.45, 7) is 4.02. The third-order valence-electron chi connectivity index (χ3n) is 3.58. The van der Waals surface area contributed by atoms with Gasteiger partial charge in [0.2, 0.25) is 5.91 Å². The highest BCUT2D eigenvalue weighted by Gasteiger charge is 2.16. The molecule has 0 unspecified atom stereocenters. The smallest absolute Gasteiger partial charge is 0.217 e. The Balaban J connectivity index is 0. The van der Waals surface area contributed by atoms with Gasteiger partial charge in [-0.15, -0.1) is 0 Å². The van der Waals surface area contributed by atoms with Crippen LogP contribution in [0.1, 0.15) is 79.5 Å². The molecule has 118 valence electrons. The Hall–Kier alpha value is -1.19. The van der Waals surface area contributed by atoms with E-state index >= 15 is 0 Å². The second-order valence-corrected chi connectivity index (χ2v) is 5.43. The van der Waals surface area contributed by atoms with E-state index in [9.17, 15) is 14.4 Å². The van der Waals surface area contributed by atoms with Crippen molar-refractivity contribution in [1.82, 2.24) is 0 Å². The molecular weight excluding hydrogens is 254 g/mol. The van der Waals surface area contributed by atoms with Gasteiger partial charge in [-0.05, 0) is 32.1 Å². The molecule has 0 fully saturated rings. The summed E-state index contributed by atoms with van der Waals surface area (Å²) in [5.41, 5.74) is 5.06. The van der Waals surface area contributed by atoms with Gasteiger partial charge in [-0.2, -0.15) is 0 Å². The number of unbranched alkanes of at least 4 members (excludes halogenated alkanes) is 1. The van der Waals surface area contributed by atoms with Gasteiger partial charge in [0.25, 0.3) is 0 Å². The third kappa shape index (κ3) is 9.70. The van der Waals surface area contributed by atoms with Gasteiger partial charge in [-0.25, -0.2) is 0 Å². The molecule has 4 nitrogen and oxygen atoms in total. The predicted octanol–water partition coefficient (Wildman–Crippen LogP) is 3.41. The normalized spacial score (nSPS) is 12.1. The van der Waals surface area contributed by atoms with Crippen LogP contribution in [0.5, 0.6) is 0 Å². The average Bonchev–Trinajstić information content (AvgIpc) is 2.38. The number of hydrogen-bond donors (Lipinski definition) is 1. The number of primary amides is 1. The number of nitrogens with two attached hydrogens (primary N) is 1. The summed E-state index contributed by atoms with van der Waals surface area (Å²) in [6.07, 6.45) is 6.99. The molecular formula is C16H31NO3. The van der Waals surface area contributed by atoms with Crippen molar-refractivity contribution >= 4 is 17.5 Å². The van der Waals surface area contributed by atoms with Crippen LogP contribution >= 0.6 is 0 Å². The van der Waals surface area contributed by atoms with Gasteiger partial charge in [0.1, 0.15) is 11.6 Å². The molecule has 0 heterocycles. The zero-order valence-corrected chi connectivity index (χ0v) is 13.0. The molecule has 0 spiro atoms. The summed E-state index contributed by atoms with van der Waals surface area (Å²) < 4.78 is 0. The van der Waals surface area contributed by atoms with Gasteiger partial charge in [-0.1, -0.05) is 20.3 Å². The number of Topliss-reactive ketones (excluding diaryl/α,β-unsaturated/α-hetero) is 2. The summed E-state index contributed by atoms with van der Waals surface area (Å²) >= 11 is 0. The molecule has 0 rings (SSSR count). The van der Waals surface area contributed by atoms with E-state index in [4.69, 9.17) is 5.73 Å². The van der Waals surface area contributed by atoms with Crippen molar-refractivity contribution in [3.05, 3.63) is 0 Å². The van der Waals surface area contributed by atoms with Crippen LogP contribution < -0.4 is 5.73 Å². The first-order valence-corrected chi connectivity index (χ1v) is 7.83. The lowest BCUT2D eigenvalue weighted by atomic mass is 9.91. The topological polar surface area (TPSA) is 77.2 Å². The molecule has 0 aromatic carbocycles. The first kappa shape index (κ1) is 18.8. The second kappa shape index (κ2) is 11.6. The SMILES string of the molecule is CCCC(=O)CCCC[C@@H](CC)C(=O)CCCC(N)=O.[HH]. The Morgan fingerprint density at radius 2 is 1.65 bits per heavy atom. The lowest BCUT2D eigenvalue weighted by molar-refractivity contribution is -0.123. The maximum absolute atomic E-state index is 12.0. The maximum atomic E-state index is 12.0. The van der Waals surface area contributed by atoms with E-state index in [2.05, 4.69) is 0 Å². The van der Waals surface area contributed by atoms with E-state index in [1.807, 2.05) is 13.8 Å². The highest BCUT2D eigenvalue weighted by atomic mass is 16.1. The van der Waals surface area contributed by atoms with Gasteiger partial charge in [-0.3, -0.25) is 14.4 Å². The van der Waals surface area contributed by atoms with Gasteiger partial charge < -0.3 is 5.73 Å². The second-order valence-electron chi connectivity index (χ2n) is 5.43. The van der Waals surface area contributed by atoms with Crippen LogP contribution in [0.4, 0.5) is 0 Å². The summed E-state index contributed by atoms with van der Waals surface area (Å²) in [4.78, 5) is 34.0. The van der Waals surface area contributed by atoms with Gasteiger partial charge in [0.15, 0.2) is 0 Å². The van der Waals surface area contributed by atoms with Crippen LogP contribution in [-0.2, 0) is 14.4 Å². The van der Waals surface area contributed by atoms with Crippen LogP contribution in [0.3, 0.4) is 0 Å². The number of carbonyl (C=O) groups is 3. The highest BCUT2D eigenvalue weighted by molar-refractivity contribution is 5.82. The van der Waals surface area contributed by atoms with Crippen LogP contribution in [0, 0.1) is 5.92 Å². The molecule has 0 aliphatic heterocycles. The highest BCUT2D eigenvalue weighted by Crippen LogP contribution is 2.18. The van der Waals surface area contributed by atoms with Crippen molar-refractivity contribution in [1.29, 1.82) is 0 Å². The number of carbonyl (C=O) groups excluding carboxylic acids is 3. The van der Waals surface area contributed by atoms with Crippen molar-refractivity contribution in [3.63, 3.8) is 0 Å². The van der Waals surface area contributed by atoms with E-state index in [0.29, 0.717) is 31.5 Å². The van der Waals surface area contributed by atoms with Crippen molar-refractivity contribution in [2.75, 3.05) is 0 Å². The molecule has 0 radical (unpaired) electrons. The minimum atomic E-state index is -0.347. The molecule has 0 aromatic rings. The number of ketones is 2. The Labute approximate surface area is 124 Å². The third-order valence-corrected chi connectivity index (χ3v) is 3.58. The first-order chi connectivity index (χ1) is 9.51. The molecule has 20 heavy (non-hydrogen) atoms. The van der Waals surface area contributed by atoms with E-state index in [1.54, 1.807) is 0 Å². The summed E-state index contributed by atoms with van der Waals surface area (Å²) in [5.74, 6) is 0.284. The van der Waals surface area contributed by atoms with E-state index in [1.165, 1.54) is 0 Å². The molecule has 0 bridgehead atoms. The summed E-state index contributed by atoms with van der Waals surface area (Å²) in [7, 11) is 0. The fourth-order valence-electron chi connectivity index (χ4n) is 2.35. The molecule has 1 amide bonds. The average molecular weight is 285 g/mol. The number of hydrogen-bond acceptors (Lipinski definition) is 3. The van der Waals surface area contributed by atoms with Gasteiger partial charge in [0.05, 0.1) is 0 Å². The maximum Gasteiger partial charge on any atom is 0.217 e. The zero-order valence-electron chi connectivity index (χ0n) is 13.0. The van der Waals surface area contributed by atoms with Crippen molar-refractivity contribution < 1.29 is 15.8 Å². The molecule has 0 aliphatic carbocycles. The molecule has 4 heteroatoms. The number of amides is 1. The van der Waals surface area contributed by atoms with E-state index in [0.717, 1.165) is 32.1 Å². The largest absolute Gasteiger partial charge is 0.370 e. The Morgan fingerprint density at radius 1 is 0.950 bits per heavy atom. The van der Waals surface area contributed by atoms with Crippen LogP contribution in [0.25, 0.3) is 0 Å². The number of rotatable bonds is 13.